The Hall–Kier alpha value is -2.47. The summed E-state index contributed by atoms with van der Waals surface area (Å²) in [7, 11) is 0. The quantitative estimate of drug-likeness (QED) is 0.799. The van der Waals surface area contributed by atoms with Gasteiger partial charge in [-0.3, -0.25) is 4.68 Å². The SMILES string of the molecule is Cc1cc(C)n(Cc2cccc(-c3noc(C4CCNC4)n3)c2)n1. The minimum absolute atomic E-state index is 0.337. The van der Waals surface area contributed by atoms with Gasteiger partial charge in [0.2, 0.25) is 11.7 Å². The molecule has 0 spiro atoms. The van der Waals surface area contributed by atoms with Crippen molar-refractivity contribution in [1.29, 1.82) is 0 Å². The first-order valence-electron chi connectivity index (χ1n) is 8.34. The van der Waals surface area contributed by atoms with Crippen molar-refractivity contribution in [3.63, 3.8) is 0 Å². The Morgan fingerprint density at radius 1 is 1.29 bits per heavy atom. The minimum Gasteiger partial charge on any atom is -0.339 e. The van der Waals surface area contributed by atoms with Gasteiger partial charge in [0, 0.05) is 17.8 Å². The highest BCUT2D eigenvalue weighted by atomic mass is 16.5. The maximum Gasteiger partial charge on any atom is 0.231 e. The lowest BCUT2D eigenvalue weighted by Crippen LogP contribution is -2.08. The van der Waals surface area contributed by atoms with Crippen molar-refractivity contribution in [1.82, 2.24) is 25.2 Å². The van der Waals surface area contributed by atoms with Crippen molar-refractivity contribution in [2.45, 2.75) is 32.7 Å². The van der Waals surface area contributed by atoms with Crippen molar-refractivity contribution in [3.05, 3.63) is 53.2 Å². The molecule has 2 aromatic heterocycles. The van der Waals surface area contributed by atoms with E-state index in [1.165, 1.54) is 5.56 Å². The van der Waals surface area contributed by atoms with Gasteiger partial charge in [0.15, 0.2) is 0 Å². The molecule has 24 heavy (non-hydrogen) atoms. The molecule has 0 amide bonds. The van der Waals surface area contributed by atoms with Crippen LogP contribution in [-0.4, -0.2) is 33.0 Å². The first kappa shape index (κ1) is 15.1. The highest BCUT2D eigenvalue weighted by molar-refractivity contribution is 5.55. The second-order valence-corrected chi connectivity index (χ2v) is 6.43. The predicted molar refractivity (Wildman–Crippen MR) is 90.8 cm³/mol. The topological polar surface area (TPSA) is 68.8 Å². The monoisotopic (exact) mass is 323 g/mol. The molecule has 0 bridgehead atoms. The first-order valence-corrected chi connectivity index (χ1v) is 8.34. The maximum atomic E-state index is 5.46. The second kappa shape index (κ2) is 6.20. The summed E-state index contributed by atoms with van der Waals surface area (Å²) < 4.78 is 7.48. The number of aromatic nitrogens is 4. The van der Waals surface area contributed by atoms with Crippen LogP contribution in [0.4, 0.5) is 0 Å². The van der Waals surface area contributed by atoms with E-state index < -0.39 is 0 Å². The smallest absolute Gasteiger partial charge is 0.231 e. The first-order chi connectivity index (χ1) is 11.7. The highest BCUT2D eigenvalue weighted by Gasteiger charge is 2.23. The summed E-state index contributed by atoms with van der Waals surface area (Å²) in [6.07, 6.45) is 1.06. The van der Waals surface area contributed by atoms with E-state index >= 15 is 0 Å². The zero-order valence-electron chi connectivity index (χ0n) is 14.0. The lowest BCUT2D eigenvalue weighted by atomic mass is 10.1. The molecular formula is C18H21N5O. The van der Waals surface area contributed by atoms with Crippen molar-refractivity contribution in [2.75, 3.05) is 13.1 Å². The van der Waals surface area contributed by atoms with E-state index in [1.54, 1.807) is 0 Å². The van der Waals surface area contributed by atoms with Gasteiger partial charge >= 0.3 is 0 Å². The number of nitrogens with one attached hydrogen (secondary N) is 1. The molecule has 1 aromatic carbocycles. The van der Waals surface area contributed by atoms with Crippen molar-refractivity contribution in [2.24, 2.45) is 0 Å². The van der Waals surface area contributed by atoms with Crippen molar-refractivity contribution >= 4 is 0 Å². The second-order valence-electron chi connectivity index (χ2n) is 6.43. The minimum atomic E-state index is 0.337. The summed E-state index contributed by atoms with van der Waals surface area (Å²) in [4.78, 5) is 4.59. The molecule has 6 heteroatoms. The number of benzene rings is 1. The van der Waals surface area contributed by atoms with E-state index in [9.17, 15) is 0 Å². The third-order valence-electron chi connectivity index (χ3n) is 4.47. The van der Waals surface area contributed by atoms with E-state index in [4.69, 9.17) is 4.52 Å². The van der Waals surface area contributed by atoms with E-state index in [0.29, 0.717) is 11.7 Å². The largest absolute Gasteiger partial charge is 0.339 e. The van der Waals surface area contributed by atoms with Crippen LogP contribution in [0.5, 0.6) is 0 Å². The fraction of sp³-hybridized carbons (Fsp3) is 0.389. The lowest BCUT2D eigenvalue weighted by molar-refractivity contribution is 0.359. The van der Waals surface area contributed by atoms with Gasteiger partial charge in [0.05, 0.1) is 18.2 Å². The molecule has 0 saturated carbocycles. The van der Waals surface area contributed by atoms with Crippen LogP contribution >= 0.6 is 0 Å². The zero-order valence-corrected chi connectivity index (χ0v) is 14.0. The van der Waals surface area contributed by atoms with Gasteiger partial charge in [-0.15, -0.1) is 0 Å². The number of hydrogen-bond donors (Lipinski definition) is 1. The fourth-order valence-electron chi connectivity index (χ4n) is 3.20. The van der Waals surface area contributed by atoms with E-state index in [1.807, 2.05) is 23.7 Å². The van der Waals surface area contributed by atoms with Gasteiger partial charge in [-0.2, -0.15) is 10.1 Å². The molecule has 3 heterocycles. The van der Waals surface area contributed by atoms with Gasteiger partial charge in [-0.25, -0.2) is 0 Å². The molecule has 6 nitrogen and oxygen atoms in total. The Balaban J connectivity index is 1.57. The van der Waals surface area contributed by atoms with Crippen LogP contribution in [0.2, 0.25) is 0 Å². The highest BCUT2D eigenvalue weighted by Crippen LogP contribution is 2.24. The molecule has 1 aliphatic rings. The van der Waals surface area contributed by atoms with Crippen LogP contribution in [0, 0.1) is 13.8 Å². The molecule has 1 unspecified atom stereocenters. The molecule has 1 saturated heterocycles. The molecule has 3 aromatic rings. The van der Waals surface area contributed by atoms with Gasteiger partial charge in [0.1, 0.15) is 0 Å². The van der Waals surface area contributed by atoms with Gasteiger partial charge < -0.3 is 9.84 Å². The average Bonchev–Trinajstić information content (AvgIpc) is 3.29. The van der Waals surface area contributed by atoms with Crippen LogP contribution in [0.1, 0.15) is 35.2 Å². The molecule has 1 N–H and O–H groups in total. The molecular weight excluding hydrogens is 302 g/mol. The molecule has 0 radical (unpaired) electrons. The molecule has 1 atom stereocenters. The Morgan fingerprint density at radius 3 is 2.96 bits per heavy atom. The molecule has 4 rings (SSSR count). The Kier molecular flexibility index (Phi) is 3.90. The lowest BCUT2D eigenvalue weighted by Gasteiger charge is -2.05. The number of aryl methyl sites for hydroxylation is 2. The van der Waals surface area contributed by atoms with Crippen LogP contribution in [0.25, 0.3) is 11.4 Å². The van der Waals surface area contributed by atoms with E-state index in [0.717, 1.165) is 48.9 Å². The number of hydrogen-bond acceptors (Lipinski definition) is 5. The van der Waals surface area contributed by atoms with Gasteiger partial charge in [0.25, 0.3) is 0 Å². The molecule has 124 valence electrons. The molecule has 1 aliphatic heterocycles. The molecule has 0 aliphatic carbocycles. The molecule has 1 fully saturated rings. The van der Waals surface area contributed by atoms with Gasteiger partial charge in [-0.1, -0.05) is 23.4 Å². The van der Waals surface area contributed by atoms with Gasteiger partial charge in [-0.05, 0) is 44.5 Å². The van der Waals surface area contributed by atoms with Crippen LogP contribution in [-0.2, 0) is 6.54 Å². The average molecular weight is 323 g/mol. The normalized spacial score (nSPS) is 17.5. The summed E-state index contributed by atoms with van der Waals surface area (Å²) in [6.45, 7) is 6.76. The van der Waals surface area contributed by atoms with Crippen LogP contribution in [0.3, 0.4) is 0 Å². The van der Waals surface area contributed by atoms with E-state index in [2.05, 4.69) is 45.7 Å². The Labute approximate surface area is 140 Å². The van der Waals surface area contributed by atoms with Crippen LogP contribution in [0.15, 0.2) is 34.9 Å². The summed E-state index contributed by atoms with van der Waals surface area (Å²) in [5, 5.41) is 12.0. The Bertz CT molecular complexity index is 845. The zero-order chi connectivity index (χ0) is 16.5. The van der Waals surface area contributed by atoms with Crippen molar-refractivity contribution < 1.29 is 4.52 Å². The summed E-state index contributed by atoms with van der Waals surface area (Å²) in [5.74, 6) is 1.73. The third kappa shape index (κ3) is 2.97. The Morgan fingerprint density at radius 2 is 2.21 bits per heavy atom. The number of rotatable bonds is 4. The van der Waals surface area contributed by atoms with Crippen molar-refractivity contribution in [3.8, 4) is 11.4 Å². The maximum absolute atomic E-state index is 5.46. The van der Waals surface area contributed by atoms with E-state index in [-0.39, 0.29) is 0 Å². The third-order valence-corrected chi connectivity index (χ3v) is 4.47. The predicted octanol–water partition coefficient (Wildman–Crippen LogP) is 2.68. The standard InChI is InChI=1S/C18H21N5O/c1-12-8-13(2)23(21-12)11-14-4-3-5-15(9-14)17-20-18(24-22-17)16-6-7-19-10-16/h3-5,8-9,16,19H,6-7,10-11H2,1-2H3. The number of nitrogens with zero attached hydrogens (tertiary/aromatic N) is 4. The fourth-order valence-corrected chi connectivity index (χ4v) is 3.20. The summed E-state index contributed by atoms with van der Waals surface area (Å²) in [5.41, 5.74) is 4.35. The summed E-state index contributed by atoms with van der Waals surface area (Å²) >= 11 is 0. The summed E-state index contributed by atoms with van der Waals surface area (Å²) in [6, 6.07) is 10.3. The van der Waals surface area contributed by atoms with Crippen LogP contribution < -0.4 is 5.32 Å².